The molecule has 4 aromatic rings. The number of aryl methyl sites for hydroxylation is 1. The van der Waals surface area contributed by atoms with Crippen LogP contribution in [-0.4, -0.2) is 17.1 Å². The van der Waals surface area contributed by atoms with Crippen LogP contribution < -0.4 is 10.1 Å². The maximum absolute atomic E-state index is 5.17. The maximum atomic E-state index is 5.17. The maximum Gasteiger partial charge on any atom is 0.214 e. The topological polar surface area (TPSA) is 47.0 Å². The van der Waals surface area contributed by atoms with Crippen LogP contribution in [0.4, 0.5) is 11.6 Å². The first-order valence-electron chi connectivity index (χ1n) is 9.07. The van der Waals surface area contributed by atoms with E-state index in [0.717, 1.165) is 22.2 Å². The fourth-order valence-electron chi connectivity index (χ4n) is 3.18. The number of fused-ring (bicyclic) bond motifs is 1. The van der Waals surface area contributed by atoms with Crippen molar-refractivity contribution in [1.82, 2.24) is 9.97 Å². The van der Waals surface area contributed by atoms with Crippen LogP contribution in [0, 0.1) is 6.92 Å². The molecule has 4 rings (SSSR count). The van der Waals surface area contributed by atoms with E-state index in [9.17, 15) is 0 Å². The van der Waals surface area contributed by atoms with Crippen molar-refractivity contribution in [2.45, 2.75) is 6.92 Å². The van der Waals surface area contributed by atoms with Gasteiger partial charge in [-0.3, -0.25) is 0 Å². The molecule has 0 aliphatic rings. The number of pyridine rings is 2. The standard InChI is InChI=1S/C24H21N3O/c1-4-17-9-8-16(2)21(12-17)19-11-10-18-14-23(25-15-20(18)13-19)26-22-6-5-7-24(27-22)28-3/h4-15H,1H2,2-3H3,(H,25,26,27). The largest absolute Gasteiger partial charge is 0.481 e. The van der Waals surface area contributed by atoms with Gasteiger partial charge in [0, 0.05) is 17.6 Å². The Hall–Kier alpha value is -3.66. The number of rotatable bonds is 5. The summed E-state index contributed by atoms with van der Waals surface area (Å²) in [4.78, 5) is 8.91. The van der Waals surface area contributed by atoms with Crippen LogP contribution in [0.2, 0.25) is 0 Å². The Kier molecular flexibility index (Phi) is 4.77. The SMILES string of the molecule is C=Cc1ccc(C)c(-c2ccc3cc(Nc4cccc(OC)n4)ncc3c2)c1. The van der Waals surface area contributed by atoms with Gasteiger partial charge in [0.2, 0.25) is 5.88 Å². The average molecular weight is 367 g/mol. The highest BCUT2D eigenvalue weighted by Gasteiger charge is 2.06. The van der Waals surface area contributed by atoms with E-state index in [0.29, 0.717) is 11.7 Å². The highest BCUT2D eigenvalue weighted by molar-refractivity contribution is 5.89. The van der Waals surface area contributed by atoms with Crippen molar-refractivity contribution in [3.63, 3.8) is 0 Å². The third-order valence-electron chi connectivity index (χ3n) is 4.72. The molecule has 0 amide bonds. The van der Waals surface area contributed by atoms with E-state index < -0.39 is 0 Å². The first kappa shape index (κ1) is 17.7. The molecule has 0 saturated carbocycles. The summed E-state index contributed by atoms with van der Waals surface area (Å²) in [6.07, 6.45) is 3.75. The van der Waals surface area contributed by atoms with Crippen LogP contribution in [0.25, 0.3) is 28.0 Å². The van der Waals surface area contributed by atoms with E-state index in [1.807, 2.05) is 36.5 Å². The molecular weight excluding hydrogens is 346 g/mol. The summed E-state index contributed by atoms with van der Waals surface area (Å²) in [6.45, 7) is 5.99. The molecule has 4 heteroatoms. The van der Waals surface area contributed by atoms with Gasteiger partial charge in [-0.15, -0.1) is 0 Å². The monoisotopic (exact) mass is 367 g/mol. The number of anilines is 2. The van der Waals surface area contributed by atoms with Gasteiger partial charge in [-0.05, 0) is 58.8 Å². The third kappa shape index (κ3) is 3.58. The average Bonchev–Trinajstić information content (AvgIpc) is 2.74. The zero-order valence-electron chi connectivity index (χ0n) is 15.9. The van der Waals surface area contributed by atoms with E-state index >= 15 is 0 Å². The Morgan fingerprint density at radius 1 is 0.964 bits per heavy atom. The van der Waals surface area contributed by atoms with Crippen LogP contribution in [0.3, 0.4) is 0 Å². The smallest absolute Gasteiger partial charge is 0.214 e. The summed E-state index contributed by atoms with van der Waals surface area (Å²) >= 11 is 0. The van der Waals surface area contributed by atoms with Gasteiger partial charge < -0.3 is 10.1 Å². The summed E-state index contributed by atoms with van der Waals surface area (Å²) in [6, 6.07) is 20.4. The summed E-state index contributed by atoms with van der Waals surface area (Å²) in [7, 11) is 1.60. The molecule has 1 N–H and O–H groups in total. The number of methoxy groups -OCH3 is 1. The molecule has 0 unspecified atom stereocenters. The number of aromatic nitrogens is 2. The minimum Gasteiger partial charge on any atom is -0.481 e. The van der Waals surface area contributed by atoms with Gasteiger partial charge >= 0.3 is 0 Å². The number of nitrogens with zero attached hydrogens (tertiary/aromatic N) is 2. The molecule has 2 aromatic carbocycles. The number of benzene rings is 2. The van der Waals surface area contributed by atoms with Crippen LogP contribution in [0.5, 0.6) is 5.88 Å². The summed E-state index contributed by atoms with van der Waals surface area (Å²) in [5.74, 6) is 2.00. The second-order valence-corrected chi connectivity index (χ2v) is 6.60. The second-order valence-electron chi connectivity index (χ2n) is 6.60. The summed E-state index contributed by atoms with van der Waals surface area (Å²) < 4.78 is 5.17. The van der Waals surface area contributed by atoms with Crippen molar-refractivity contribution >= 4 is 28.5 Å². The Bertz CT molecular complexity index is 1170. The molecule has 0 fully saturated rings. The van der Waals surface area contributed by atoms with Crippen molar-refractivity contribution < 1.29 is 4.74 Å². The molecule has 0 atom stereocenters. The zero-order valence-corrected chi connectivity index (χ0v) is 15.9. The second kappa shape index (κ2) is 7.53. The molecule has 2 aromatic heterocycles. The van der Waals surface area contributed by atoms with E-state index in [2.05, 4.69) is 65.2 Å². The summed E-state index contributed by atoms with van der Waals surface area (Å²) in [5.41, 5.74) is 4.73. The Morgan fingerprint density at radius 2 is 1.86 bits per heavy atom. The van der Waals surface area contributed by atoms with Gasteiger partial charge in [-0.2, -0.15) is 4.98 Å². The molecule has 0 aliphatic heterocycles. The zero-order chi connectivity index (χ0) is 19.5. The lowest BCUT2D eigenvalue weighted by Crippen LogP contribution is -1.97. The first-order chi connectivity index (χ1) is 13.7. The van der Waals surface area contributed by atoms with Crippen molar-refractivity contribution in [2.24, 2.45) is 0 Å². The Morgan fingerprint density at radius 3 is 2.68 bits per heavy atom. The van der Waals surface area contributed by atoms with E-state index in [4.69, 9.17) is 4.74 Å². The van der Waals surface area contributed by atoms with Crippen molar-refractivity contribution in [2.75, 3.05) is 12.4 Å². The van der Waals surface area contributed by atoms with Gasteiger partial charge in [-0.1, -0.05) is 43.0 Å². The number of ether oxygens (including phenoxy) is 1. The molecular formula is C24H21N3O. The molecule has 138 valence electrons. The molecule has 0 aliphatic carbocycles. The van der Waals surface area contributed by atoms with Gasteiger partial charge in [-0.25, -0.2) is 4.98 Å². The number of nitrogens with one attached hydrogen (secondary N) is 1. The molecule has 2 heterocycles. The molecule has 0 saturated heterocycles. The first-order valence-corrected chi connectivity index (χ1v) is 9.07. The quantitative estimate of drug-likeness (QED) is 0.470. The predicted molar refractivity (Wildman–Crippen MR) is 116 cm³/mol. The van der Waals surface area contributed by atoms with E-state index in [-0.39, 0.29) is 0 Å². The van der Waals surface area contributed by atoms with Gasteiger partial charge in [0.25, 0.3) is 0 Å². The lowest BCUT2D eigenvalue weighted by atomic mass is 9.96. The van der Waals surface area contributed by atoms with E-state index in [1.54, 1.807) is 7.11 Å². The van der Waals surface area contributed by atoms with Crippen molar-refractivity contribution in [1.29, 1.82) is 0 Å². The fourth-order valence-corrected chi connectivity index (χ4v) is 3.18. The van der Waals surface area contributed by atoms with Gasteiger partial charge in [0.15, 0.2) is 0 Å². The third-order valence-corrected chi connectivity index (χ3v) is 4.72. The molecule has 0 radical (unpaired) electrons. The fraction of sp³-hybridized carbons (Fsp3) is 0.0833. The highest BCUT2D eigenvalue weighted by atomic mass is 16.5. The predicted octanol–water partition coefficient (Wildman–Crippen LogP) is 6.00. The van der Waals surface area contributed by atoms with Crippen LogP contribution in [-0.2, 0) is 0 Å². The molecule has 0 bridgehead atoms. The van der Waals surface area contributed by atoms with Gasteiger partial charge in [0.1, 0.15) is 11.6 Å². The van der Waals surface area contributed by atoms with Crippen LogP contribution in [0.15, 0.2) is 73.4 Å². The molecule has 4 nitrogen and oxygen atoms in total. The number of hydrogen-bond acceptors (Lipinski definition) is 4. The Labute approximate surface area is 164 Å². The van der Waals surface area contributed by atoms with Crippen molar-refractivity contribution in [3.8, 4) is 17.0 Å². The van der Waals surface area contributed by atoms with Gasteiger partial charge in [0.05, 0.1) is 7.11 Å². The molecule has 0 spiro atoms. The van der Waals surface area contributed by atoms with Crippen LogP contribution in [0.1, 0.15) is 11.1 Å². The Balaban J connectivity index is 1.67. The summed E-state index contributed by atoms with van der Waals surface area (Å²) in [5, 5.41) is 5.43. The van der Waals surface area contributed by atoms with Crippen molar-refractivity contribution in [3.05, 3.63) is 84.6 Å². The van der Waals surface area contributed by atoms with E-state index in [1.165, 1.54) is 16.7 Å². The minimum atomic E-state index is 0.563. The lowest BCUT2D eigenvalue weighted by Gasteiger charge is -2.10. The number of hydrogen-bond donors (Lipinski definition) is 1. The normalized spacial score (nSPS) is 10.6. The minimum absolute atomic E-state index is 0.563. The van der Waals surface area contributed by atoms with Crippen LogP contribution >= 0.6 is 0 Å². The lowest BCUT2D eigenvalue weighted by molar-refractivity contribution is 0.398. The molecule has 28 heavy (non-hydrogen) atoms. The highest BCUT2D eigenvalue weighted by Crippen LogP contribution is 2.29.